The molecule has 4 rings (SSSR count). The second-order valence-electron chi connectivity index (χ2n) is 8.17. The van der Waals surface area contributed by atoms with Gasteiger partial charge >= 0.3 is 0 Å². The Morgan fingerprint density at radius 3 is 2.44 bits per heavy atom. The molecule has 1 atom stereocenters. The predicted octanol–water partition coefficient (Wildman–Crippen LogP) is 3.56. The van der Waals surface area contributed by atoms with Crippen LogP contribution < -0.4 is 5.32 Å². The number of rotatable bonds is 5. The SMILES string of the molecule is Cc1ccc(Sc2ccc(NC(=O)C3=NN(C4CCS(=O)(=O)C4)C(=O)CC3)cc2)cc1C. The molecule has 2 amide bonds. The quantitative estimate of drug-likeness (QED) is 0.719. The number of amides is 2. The minimum atomic E-state index is -3.15. The topological polar surface area (TPSA) is 95.9 Å². The fraction of sp³-hybridized carbons (Fsp3) is 0.348. The molecular formula is C23H25N3O4S2. The van der Waals surface area contributed by atoms with Crippen molar-refractivity contribution < 1.29 is 18.0 Å². The van der Waals surface area contributed by atoms with E-state index in [0.29, 0.717) is 12.1 Å². The summed E-state index contributed by atoms with van der Waals surface area (Å²) in [5.41, 5.74) is 3.37. The van der Waals surface area contributed by atoms with Crippen molar-refractivity contribution in [2.75, 3.05) is 16.8 Å². The first kappa shape index (κ1) is 22.5. The third-order valence-electron chi connectivity index (χ3n) is 5.70. The van der Waals surface area contributed by atoms with Crippen molar-refractivity contribution in [2.24, 2.45) is 5.10 Å². The molecule has 0 aromatic heterocycles. The number of anilines is 1. The molecule has 2 aliphatic heterocycles. The van der Waals surface area contributed by atoms with Gasteiger partial charge in [-0.25, -0.2) is 13.4 Å². The van der Waals surface area contributed by atoms with E-state index < -0.39 is 15.9 Å². The molecular weight excluding hydrogens is 446 g/mol. The molecule has 9 heteroatoms. The average Bonchev–Trinajstić information content (AvgIpc) is 3.12. The molecule has 7 nitrogen and oxygen atoms in total. The molecule has 32 heavy (non-hydrogen) atoms. The summed E-state index contributed by atoms with van der Waals surface area (Å²) < 4.78 is 23.5. The highest BCUT2D eigenvalue weighted by molar-refractivity contribution is 7.99. The zero-order chi connectivity index (χ0) is 22.9. The van der Waals surface area contributed by atoms with Crippen LogP contribution >= 0.6 is 11.8 Å². The maximum atomic E-state index is 12.7. The van der Waals surface area contributed by atoms with E-state index >= 15 is 0 Å². The van der Waals surface area contributed by atoms with E-state index in [-0.39, 0.29) is 41.9 Å². The summed E-state index contributed by atoms with van der Waals surface area (Å²) in [6, 6.07) is 13.4. The molecule has 0 bridgehead atoms. The zero-order valence-electron chi connectivity index (χ0n) is 18.0. The van der Waals surface area contributed by atoms with Crippen molar-refractivity contribution in [3.8, 4) is 0 Å². The first-order valence-corrected chi connectivity index (χ1v) is 13.1. The lowest BCUT2D eigenvalue weighted by atomic mass is 10.1. The Kier molecular flexibility index (Phi) is 6.39. The van der Waals surface area contributed by atoms with Gasteiger partial charge in [-0.3, -0.25) is 9.59 Å². The van der Waals surface area contributed by atoms with E-state index in [1.54, 1.807) is 11.8 Å². The highest BCUT2D eigenvalue weighted by atomic mass is 32.2. The van der Waals surface area contributed by atoms with Crippen molar-refractivity contribution in [2.45, 2.75) is 48.9 Å². The molecule has 1 unspecified atom stereocenters. The molecule has 168 valence electrons. The number of hydrogen-bond acceptors (Lipinski definition) is 6. The highest BCUT2D eigenvalue weighted by Crippen LogP contribution is 2.30. The lowest BCUT2D eigenvalue weighted by molar-refractivity contribution is -0.133. The predicted molar refractivity (Wildman–Crippen MR) is 126 cm³/mol. The monoisotopic (exact) mass is 471 g/mol. The fourth-order valence-electron chi connectivity index (χ4n) is 3.71. The highest BCUT2D eigenvalue weighted by Gasteiger charge is 2.37. The van der Waals surface area contributed by atoms with Gasteiger partial charge in [-0.2, -0.15) is 5.10 Å². The molecule has 1 fully saturated rings. The van der Waals surface area contributed by atoms with E-state index in [1.165, 1.54) is 16.1 Å². The largest absolute Gasteiger partial charge is 0.321 e. The van der Waals surface area contributed by atoms with Gasteiger partial charge in [-0.05, 0) is 67.8 Å². The minimum absolute atomic E-state index is 0.0466. The number of carbonyl (C=O) groups excluding carboxylic acids is 2. The van der Waals surface area contributed by atoms with Gasteiger partial charge in [0.2, 0.25) is 5.91 Å². The van der Waals surface area contributed by atoms with Gasteiger partial charge in [0.15, 0.2) is 9.84 Å². The summed E-state index contributed by atoms with van der Waals surface area (Å²) in [7, 11) is -3.15. The molecule has 0 radical (unpaired) electrons. The summed E-state index contributed by atoms with van der Waals surface area (Å²) >= 11 is 1.65. The minimum Gasteiger partial charge on any atom is -0.321 e. The van der Waals surface area contributed by atoms with E-state index in [4.69, 9.17) is 0 Å². The van der Waals surface area contributed by atoms with Crippen LogP contribution in [0.1, 0.15) is 30.4 Å². The molecule has 0 aliphatic carbocycles. The fourth-order valence-corrected chi connectivity index (χ4v) is 6.32. The number of nitrogens with one attached hydrogen (secondary N) is 1. The third kappa shape index (κ3) is 5.21. The van der Waals surface area contributed by atoms with E-state index in [0.717, 1.165) is 9.79 Å². The smallest absolute Gasteiger partial charge is 0.271 e. The van der Waals surface area contributed by atoms with Crippen LogP contribution in [0.25, 0.3) is 0 Å². The first-order chi connectivity index (χ1) is 15.2. The molecule has 2 aliphatic rings. The maximum absolute atomic E-state index is 12.7. The molecule has 1 saturated heterocycles. The Morgan fingerprint density at radius 2 is 1.78 bits per heavy atom. The van der Waals surface area contributed by atoms with Gasteiger partial charge in [0.05, 0.1) is 17.5 Å². The summed E-state index contributed by atoms with van der Waals surface area (Å²) in [5, 5.41) is 8.24. The molecule has 0 spiro atoms. The number of aryl methyl sites for hydroxylation is 2. The second-order valence-corrected chi connectivity index (χ2v) is 11.5. The van der Waals surface area contributed by atoms with Crippen LogP contribution in [0.4, 0.5) is 5.69 Å². The van der Waals surface area contributed by atoms with Gasteiger partial charge in [-0.1, -0.05) is 17.8 Å². The van der Waals surface area contributed by atoms with Crippen LogP contribution in [0.2, 0.25) is 0 Å². The normalized spacial score (nSPS) is 20.2. The lowest BCUT2D eigenvalue weighted by Crippen LogP contribution is -2.42. The van der Waals surface area contributed by atoms with Crippen LogP contribution in [-0.4, -0.2) is 48.5 Å². The van der Waals surface area contributed by atoms with Crippen molar-refractivity contribution in [1.82, 2.24) is 5.01 Å². The molecule has 0 saturated carbocycles. The number of hydrogen-bond donors (Lipinski definition) is 1. The van der Waals surface area contributed by atoms with Crippen molar-refractivity contribution in [3.05, 3.63) is 53.6 Å². The van der Waals surface area contributed by atoms with Crippen molar-refractivity contribution in [3.63, 3.8) is 0 Å². The Hall–Kier alpha value is -2.65. The van der Waals surface area contributed by atoms with Crippen LogP contribution in [-0.2, 0) is 19.4 Å². The number of nitrogens with zero attached hydrogens (tertiary/aromatic N) is 2. The van der Waals surface area contributed by atoms with E-state index in [1.807, 2.05) is 24.3 Å². The van der Waals surface area contributed by atoms with Crippen molar-refractivity contribution in [1.29, 1.82) is 0 Å². The average molecular weight is 472 g/mol. The maximum Gasteiger partial charge on any atom is 0.271 e. The van der Waals surface area contributed by atoms with Gasteiger partial charge in [0, 0.05) is 28.3 Å². The Morgan fingerprint density at radius 1 is 1.06 bits per heavy atom. The summed E-state index contributed by atoms with van der Waals surface area (Å²) in [4.78, 5) is 27.1. The molecule has 1 N–H and O–H groups in total. The van der Waals surface area contributed by atoms with Gasteiger partial charge in [0.25, 0.3) is 5.91 Å². The summed E-state index contributed by atoms with van der Waals surface area (Å²) in [5.74, 6) is -0.670. The van der Waals surface area contributed by atoms with Crippen LogP contribution in [0, 0.1) is 13.8 Å². The molecule has 2 aromatic rings. The Balaban J connectivity index is 1.41. The van der Waals surface area contributed by atoms with Gasteiger partial charge < -0.3 is 5.32 Å². The second kappa shape index (κ2) is 9.07. The molecule has 2 heterocycles. The standard InChI is InChI=1S/C23H25N3O4S2/c1-15-3-6-20(13-16(15)2)31-19-7-4-17(5-8-19)24-23(28)21-9-10-22(27)26(25-21)18-11-12-32(29,30)14-18/h3-8,13,18H,9-12,14H2,1-2H3,(H,24,28). The number of sulfone groups is 1. The first-order valence-electron chi connectivity index (χ1n) is 10.5. The van der Waals surface area contributed by atoms with Gasteiger partial charge in [0.1, 0.15) is 5.71 Å². The number of benzene rings is 2. The zero-order valence-corrected chi connectivity index (χ0v) is 19.6. The molecule has 2 aromatic carbocycles. The summed E-state index contributed by atoms with van der Waals surface area (Å²) in [6.45, 7) is 4.18. The summed E-state index contributed by atoms with van der Waals surface area (Å²) in [6.07, 6.45) is 0.738. The van der Waals surface area contributed by atoms with Crippen molar-refractivity contribution >= 4 is 44.8 Å². The van der Waals surface area contributed by atoms with Gasteiger partial charge in [-0.15, -0.1) is 0 Å². The van der Waals surface area contributed by atoms with E-state index in [9.17, 15) is 18.0 Å². The Labute approximate surface area is 192 Å². The Bertz CT molecular complexity index is 1190. The van der Waals surface area contributed by atoms with Crippen LogP contribution in [0.5, 0.6) is 0 Å². The number of hydrazone groups is 1. The van der Waals surface area contributed by atoms with Crippen LogP contribution in [0.15, 0.2) is 57.4 Å². The third-order valence-corrected chi connectivity index (χ3v) is 8.45. The number of carbonyl (C=O) groups is 2. The van der Waals surface area contributed by atoms with Crippen LogP contribution in [0.3, 0.4) is 0 Å². The lowest BCUT2D eigenvalue weighted by Gasteiger charge is -2.27. The van der Waals surface area contributed by atoms with E-state index in [2.05, 4.69) is 42.5 Å².